The number of ether oxygens (including phenoxy) is 2. The van der Waals surface area contributed by atoms with E-state index in [9.17, 15) is 9.90 Å². The van der Waals surface area contributed by atoms with Crippen molar-refractivity contribution in [2.24, 2.45) is 0 Å². The van der Waals surface area contributed by atoms with E-state index >= 15 is 0 Å². The maximum absolute atomic E-state index is 11.0. The maximum atomic E-state index is 11.0. The summed E-state index contributed by atoms with van der Waals surface area (Å²) in [5.74, 6) is 0. The molecule has 0 aromatic carbocycles. The van der Waals surface area contributed by atoms with Crippen LogP contribution in [-0.4, -0.2) is 54.9 Å². The third-order valence-electron chi connectivity index (χ3n) is 2.31. The van der Waals surface area contributed by atoms with E-state index in [1.54, 1.807) is 0 Å². The van der Waals surface area contributed by atoms with Crippen molar-refractivity contribution in [2.75, 3.05) is 33.0 Å². The minimum atomic E-state index is -0.892. The highest BCUT2D eigenvalue weighted by Gasteiger charge is 2.30. The predicted molar refractivity (Wildman–Crippen MR) is 51.4 cm³/mol. The number of nitrogens with one attached hydrogen (secondary N) is 1. The zero-order valence-electron chi connectivity index (χ0n) is 8.57. The molecule has 1 rings (SSSR count). The number of carbonyl (C=O) groups excluding carboxylic acids is 1. The molecule has 0 bridgehead atoms. The van der Waals surface area contributed by atoms with Gasteiger partial charge in [0.1, 0.15) is 6.61 Å². The fourth-order valence-corrected chi connectivity index (χ4v) is 1.35. The van der Waals surface area contributed by atoms with Crippen molar-refractivity contribution in [1.29, 1.82) is 0 Å². The molecule has 6 nitrogen and oxygen atoms in total. The van der Waals surface area contributed by atoms with Crippen LogP contribution in [0.5, 0.6) is 0 Å². The van der Waals surface area contributed by atoms with Crippen molar-refractivity contribution in [3.8, 4) is 0 Å². The molecular weight excluding hydrogens is 202 g/mol. The molecule has 1 aliphatic heterocycles. The molecule has 1 heterocycles. The molecule has 1 fully saturated rings. The summed E-state index contributed by atoms with van der Waals surface area (Å²) in [6, 6.07) is 0. The van der Waals surface area contributed by atoms with Crippen molar-refractivity contribution in [3.63, 3.8) is 0 Å². The Balaban J connectivity index is 2.19. The average molecular weight is 219 g/mol. The van der Waals surface area contributed by atoms with Gasteiger partial charge in [0.15, 0.2) is 0 Å². The molecule has 88 valence electrons. The lowest BCUT2D eigenvalue weighted by molar-refractivity contribution is -0.0611. The number of rotatable bonds is 4. The number of hydrogen-bond donors (Lipinski definition) is 3. The third-order valence-corrected chi connectivity index (χ3v) is 2.31. The van der Waals surface area contributed by atoms with Crippen molar-refractivity contribution in [1.82, 2.24) is 5.32 Å². The summed E-state index contributed by atoms with van der Waals surface area (Å²) >= 11 is 0. The minimum absolute atomic E-state index is 0.0344. The molecule has 0 aromatic rings. The largest absolute Gasteiger partial charge is 0.447 e. The molecule has 0 aliphatic carbocycles. The molecule has 1 saturated heterocycles. The Morgan fingerprint density at radius 2 is 2.13 bits per heavy atom. The number of aliphatic hydroxyl groups excluding tert-OH is 1. The first-order chi connectivity index (χ1) is 7.16. The highest BCUT2D eigenvalue weighted by Crippen LogP contribution is 2.19. The quantitative estimate of drug-likeness (QED) is 0.579. The van der Waals surface area contributed by atoms with Crippen LogP contribution < -0.4 is 5.32 Å². The van der Waals surface area contributed by atoms with Crippen molar-refractivity contribution in [3.05, 3.63) is 0 Å². The second-order valence-corrected chi connectivity index (χ2v) is 3.55. The number of amides is 1. The van der Waals surface area contributed by atoms with E-state index in [0.717, 1.165) is 0 Å². The lowest BCUT2D eigenvalue weighted by Gasteiger charge is -2.31. The van der Waals surface area contributed by atoms with E-state index in [2.05, 4.69) is 10.1 Å². The predicted octanol–water partition coefficient (Wildman–Crippen LogP) is -0.754. The van der Waals surface area contributed by atoms with Gasteiger partial charge in [-0.3, -0.25) is 0 Å². The Morgan fingerprint density at radius 3 is 2.73 bits per heavy atom. The third kappa shape index (κ3) is 4.46. The number of hydrogen-bond acceptors (Lipinski definition) is 5. The van der Waals surface area contributed by atoms with Gasteiger partial charge in [0, 0.05) is 32.6 Å². The molecule has 3 N–H and O–H groups in total. The van der Waals surface area contributed by atoms with E-state index in [-0.39, 0.29) is 19.8 Å². The molecule has 0 aromatic heterocycles. The van der Waals surface area contributed by atoms with Crippen molar-refractivity contribution < 1.29 is 24.5 Å². The smallest absolute Gasteiger partial charge is 0.407 e. The summed E-state index contributed by atoms with van der Waals surface area (Å²) in [5, 5.41) is 20.8. The zero-order chi connectivity index (χ0) is 11.1. The van der Waals surface area contributed by atoms with Gasteiger partial charge in [-0.2, -0.15) is 0 Å². The lowest BCUT2D eigenvalue weighted by Crippen LogP contribution is -2.46. The Labute approximate surface area is 88.2 Å². The van der Waals surface area contributed by atoms with E-state index in [1.165, 1.54) is 0 Å². The minimum Gasteiger partial charge on any atom is -0.447 e. The van der Waals surface area contributed by atoms with Gasteiger partial charge in [-0.1, -0.05) is 0 Å². The van der Waals surface area contributed by atoms with Gasteiger partial charge in [0.2, 0.25) is 0 Å². The molecule has 15 heavy (non-hydrogen) atoms. The molecule has 6 heteroatoms. The van der Waals surface area contributed by atoms with Crippen molar-refractivity contribution >= 4 is 6.09 Å². The van der Waals surface area contributed by atoms with Crippen LogP contribution in [0.2, 0.25) is 0 Å². The van der Waals surface area contributed by atoms with Crippen LogP contribution in [0, 0.1) is 0 Å². The Hall–Kier alpha value is -0.850. The van der Waals surface area contributed by atoms with Crippen LogP contribution in [0.15, 0.2) is 0 Å². The van der Waals surface area contributed by atoms with Gasteiger partial charge in [-0.15, -0.1) is 0 Å². The Kier molecular flexibility index (Phi) is 4.80. The van der Waals surface area contributed by atoms with Crippen LogP contribution >= 0.6 is 0 Å². The highest BCUT2D eigenvalue weighted by atomic mass is 16.6. The van der Waals surface area contributed by atoms with Gasteiger partial charge >= 0.3 is 6.09 Å². The first kappa shape index (κ1) is 12.2. The average Bonchev–Trinajstić information content (AvgIpc) is 2.25. The van der Waals surface area contributed by atoms with E-state index in [0.29, 0.717) is 26.1 Å². The first-order valence-corrected chi connectivity index (χ1v) is 4.98. The molecule has 1 amide bonds. The number of alkyl carbamates (subject to hydrolysis) is 1. The van der Waals surface area contributed by atoms with Crippen LogP contribution in [0.3, 0.4) is 0 Å². The Bertz CT molecular complexity index is 203. The first-order valence-electron chi connectivity index (χ1n) is 4.98. The van der Waals surface area contributed by atoms with E-state index < -0.39 is 11.7 Å². The van der Waals surface area contributed by atoms with Gasteiger partial charge in [-0.25, -0.2) is 4.79 Å². The normalized spacial score (nSPS) is 19.6. The standard InChI is InChI=1S/C9H17NO5/c11-3-6-15-8(12)10-7-9(13)1-4-14-5-2-9/h11,13H,1-7H2,(H,10,12). The Morgan fingerprint density at radius 1 is 1.47 bits per heavy atom. The van der Waals surface area contributed by atoms with Gasteiger partial charge in [-0.05, 0) is 0 Å². The molecule has 0 spiro atoms. The van der Waals surface area contributed by atoms with Crippen molar-refractivity contribution in [2.45, 2.75) is 18.4 Å². The fourth-order valence-electron chi connectivity index (χ4n) is 1.35. The summed E-state index contributed by atoms with van der Waals surface area (Å²) < 4.78 is 9.68. The van der Waals surface area contributed by atoms with Crippen LogP contribution in [0.4, 0.5) is 4.79 Å². The van der Waals surface area contributed by atoms with E-state index in [1.807, 2.05) is 0 Å². The summed E-state index contributed by atoms with van der Waals surface area (Å²) in [6.45, 7) is 0.924. The summed E-state index contributed by atoms with van der Waals surface area (Å²) in [7, 11) is 0. The van der Waals surface area contributed by atoms with Gasteiger partial charge in [0.05, 0.1) is 12.2 Å². The molecule has 0 radical (unpaired) electrons. The lowest BCUT2D eigenvalue weighted by atomic mass is 9.94. The monoisotopic (exact) mass is 219 g/mol. The van der Waals surface area contributed by atoms with Crippen LogP contribution in [0.25, 0.3) is 0 Å². The number of aliphatic hydroxyl groups is 2. The SMILES string of the molecule is O=C(NCC1(O)CCOCC1)OCCO. The summed E-state index contributed by atoms with van der Waals surface area (Å²) in [4.78, 5) is 11.0. The highest BCUT2D eigenvalue weighted by molar-refractivity contribution is 5.67. The van der Waals surface area contributed by atoms with Gasteiger partial charge in [0.25, 0.3) is 0 Å². The second kappa shape index (κ2) is 5.89. The summed E-state index contributed by atoms with van der Waals surface area (Å²) in [5.41, 5.74) is -0.892. The zero-order valence-corrected chi connectivity index (χ0v) is 8.57. The summed E-state index contributed by atoms with van der Waals surface area (Å²) in [6.07, 6.45) is 0.393. The maximum Gasteiger partial charge on any atom is 0.407 e. The fraction of sp³-hybridized carbons (Fsp3) is 0.889. The molecular formula is C9H17NO5. The van der Waals surface area contributed by atoms with Gasteiger partial charge < -0.3 is 25.0 Å². The van der Waals surface area contributed by atoms with Crippen LogP contribution in [-0.2, 0) is 9.47 Å². The molecule has 0 unspecified atom stereocenters. The van der Waals surface area contributed by atoms with Crippen LogP contribution in [0.1, 0.15) is 12.8 Å². The van der Waals surface area contributed by atoms with E-state index in [4.69, 9.17) is 9.84 Å². The second-order valence-electron chi connectivity index (χ2n) is 3.55. The molecule has 1 aliphatic rings. The number of carbonyl (C=O) groups is 1. The molecule has 0 saturated carbocycles. The molecule has 0 atom stereocenters. The topological polar surface area (TPSA) is 88.0 Å².